The van der Waals surface area contributed by atoms with E-state index in [1.165, 1.54) is 0 Å². The molecule has 0 bridgehead atoms. The van der Waals surface area contributed by atoms with Gasteiger partial charge in [-0.25, -0.2) is 0 Å². The van der Waals surface area contributed by atoms with E-state index in [1.807, 2.05) is 6.07 Å². The molecule has 68 valence electrons. The Hall–Kier alpha value is -1.77. The molecule has 1 rings (SSSR count). The summed E-state index contributed by atoms with van der Waals surface area (Å²) in [4.78, 5) is 10.0. The Morgan fingerprint density at radius 2 is 2.21 bits per heavy atom. The van der Waals surface area contributed by atoms with Crippen LogP contribution >= 0.6 is 11.6 Å². The van der Waals surface area contributed by atoms with Crippen molar-refractivity contribution < 1.29 is 4.79 Å². The van der Waals surface area contributed by atoms with E-state index in [1.54, 1.807) is 18.2 Å². The highest BCUT2D eigenvalue weighted by atomic mass is 35.5. The highest BCUT2D eigenvalue weighted by Crippen LogP contribution is 2.14. The second-order valence-electron chi connectivity index (χ2n) is 2.47. The monoisotopic (exact) mass is 203 g/mol. The SMILES string of the molecule is N#Cc1cc(Cl)ccc1C#CCC=O. The lowest BCUT2D eigenvalue weighted by Gasteiger charge is -1.94. The van der Waals surface area contributed by atoms with Gasteiger partial charge in [0.05, 0.1) is 12.0 Å². The Labute approximate surface area is 87.1 Å². The van der Waals surface area contributed by atoms with Gasteiger partial charge >= 0.3 is 0 Å². The predicted octanol–water partition coefficient (Wildman–Crippen LogP) is 2.15. The molecule has 0 amide bonds. The summed E-state index contributed by atoms with van der Waals surface area (Å²) < 4.78 is 0. The summed E-state index contributed by atoms with van der Waals surface area (Å²) >= 11 is 5.70. The van der Waals surface area contributed by atoms with Crippen LogP contribution in [0.5, 0.6) is 0 Å². The van der Waals surface area contributed by atoms with Crippen LogP contribution < -0.4 is 0 Å². The van der Waals surface area contributed by atoms with Gasteiger partial charge in [0.25, 0.3) is 0 Å². The fraction of sp³-hybridized carbons (Fsp3) is 0.0909. The van der Waals surface area contributed by atoms with Crippen molar-refractivity contribution in [3.63, 3.8) is 0 Å². The number of hydrogen-bond donors (Lipinski definition) is 0. The first kappa shape index (κ1) is 10.3. The molecule has 0 fully saturated rings. The van der Waals surface area contributed by atoms with Crippen molar-refractivity contribution in [2.24, 2.45) is 0 Å². The second-order valence-corrected chi connectivity index (χ2v) is 2.91. The van der Waals surface area contributed by atoms with Gasteiger partial charge in [-0.2, -0.15) is 5.26 Å². The van der Waals surface area contributed by atoms with E-state index < -0.39 is 0 Å². The lowest BCUT2D eigenvalue weighted by Crippen LogP contribution is -1.83. The first-order chi connectivity index (χ1) is 6.77. The molecule has 0 aliphatic rings. The Morgan fingerprint density at radius 1 is 1.43 bits per heavy atom. The molecule has 0 unspecified atom stereocenters. The number of benzene rings is 1. The summed E-state index contributed by atoms with van der Waals surface area (Å²) in [6, 6.07) is 6.86. The number of nitrogens with zero attached hydrogens (tertiary/aromatic N) is 1. The molecule has 0 atom stereocenters. The zero-order valence-corrected chi connectivity index (χ0v) is 8.01. The van der Waals surface area contributed by atoms with Crippen molar-refractivity contribution in [2.45, 2.75) is 6.42 Å². The summed E-state index contributed by atoms with van der Waals surface area (Å²) in [6.07, 6.45) is 0.891. The molecule has 0 spiro atoms. The van der Waals surface area contributed by atoms with Crippen LogP contribution in [0.4, 0.5) is 0 Å². The van der Waals surface area contributed by atoms with Crippen LogP contribution in [0.2, 0.25) is 5.02 Å². The fourth-order valence-corrected chi connectivity index (χ4v) is 1.08. The number of hydrogen-bond acceptors (Lipinski definition) is 2. The van der Waals surface area contributed by atoms with E-state index in [-0.39, 0.29) is 6.42 Å². The molecule has 0 saturated carbocycles. The predicted molar refractivity (Wildman–Crippen MR) is 53.7 cm³/mol. The number of halogens is 1. The molecule has 0 heterocycles. The van der Waals surface area contributed by atoms with Gasteiger partial charge in [-0.05, 0) is 18.2 Å². The largest absolute Gasteiger partial charge is 0.302 e. The van der Waals surface area contributed by atoms with Crippen molar-refractivity contribution in [1.82, 2.24) is 0 Å². The van der Waals surface area contributed by atoms with Crippen molar-refractivity contribution in [3.05, 3.63) is 34.3 Å². The average molecular weight is 204 g/mol. The number of aldehydes is 1. The minimum Gasteiger partial charge on any atom is -0.302 e. The molecule has 0 N–H and O–H groups in total. The molecule has 1 aromatic rings. The highest BCUT2D eigenvalue weighted by Gasteiger charge is 1.98. The molecule has 0 aromatic heterocycles. The Morgan fingerprint density at radius 3 is 2.86 bits per heavy atom. The van der Waals surface area contributed by atoms with Gasteiger partial charge in [-0.3, -0.25) is 0 Å². The van der Waals surface area contributed by atoms with E-state index in [4.69, 9.17) is 16.9 Å². The van der Waals surface area contributed by atoms with E-state index in [0.717, 1.165) is 6.29 Å². The zero-order chi connectivity index (χ0) is 10.4. The smallest absolute Gasteiger partial charge is 0.131 e. The molecule has 0 radical (unpaired) electrons. The van der Waals surface area contributed by atoms with Crippen LogP contribution in [-0.2, 0) is 4.79 Å². The summed E-state index contributed by atoms with van der Waals surface area (Å²) in [7, 11) is 0. The molecule has 0 aliphatic heterocycles. The highest BCUT2D eigenvalue weighted by molar-refractivity contribution is 6.30. The first-order valence-corrected chi connectivity index (χ1v) is 4.28. The van der Waals surface area contributed by atoms with Crippen LogP contribution in [0.1, 0.15) is 17.5 Å². The Bertz CT molecular complexity index is 449. The maximum absolute atomic E-state index is 10.0. The standard InChI is InChI=1S/C11H6ClNO/c12-11-5-4-9(3-1-2-6-14)10(7-11)8-13/h4-7H,2H2. The molecule has 0 saturated heterocycles. The molecule has 3 heteroatoms. The van der Waals surface area contributed by atoms with Gasteiger partial charge in [0.1, 0.15) is 12.4 Å². The van der Waals surface area contributed by atoms with Crippen molar-refractivity contribution in [2.75, 3.05) is 0 Å². The van der Waals surface area contributed by atoms with E-state index in [0.29, 0.717) is 16.1 Å². The molecule has 1 aromatic carbocycles. The van der Waals surface area contributed by atoms with Gasteiger partial charge in [-0.1, -0.05) is 23.4 Å². The Balaban J connectivity index is 3.05. The first-order valence-electron chi connectivity index (χ1n) is 3.90. The fourth-order valence-electron chi connectivity index (χ4n) is 0.906. The van der Waals surface area contributed by atoms with Crippen molar-refractivity contribution in [3.8, 4) is 17.9 Å². The maximum Gasteiger partial charge on any atom is 0.131 e. The zero-order valence-electron chi connectivity index (χ0n) is 7.25. The minimum atomic E-state index is 0.174. The summed E-state index contributed by atoms with van der Waals surface area (Å²) in [6.45, 7) is 0. The third-order valence-electron chi connectivity index (χ3n) is 1.51. The summed E-state index contributed by atoms with van der Waals surface area (Å²) in [5, 5.41) is 9.26. The topological polar surface area (TPSA) is 40.9 Å². The molecular formula is C11H6ClNO. The third kappa shape index (κ3) is 2.62. The average Bonchev–Trinajstić information content (AvgIpc) is 2.20. The molecule has 0 aliphatic carbocycles. The number of carbonyl (C=O) groups excluding carboxylic acids is 1. The summed E-state index contributed by atoms with van der Waals surface area (Å²) in [5.74, 6) is 5.36. The van der Waals surface area contributed by atoms with Crippen molar-refractivity contribution in [1.29, 1.82) is 5.26 Å². The number of nitriles is 1. The lowest BCUT2D eigenvalue weighted by molar-refractivity contribution is -0.107. The van der Waals surface area contributed by atoms with Crippen LogP contribution in [0.25, 0.3) is 0 Å². The van der Waals surface area contributed by atoms with Gasteiger partial charge in [-0.15, -0.1) is 0 Å². The molecule has 14 heavy (non-hydrogen) atoms. The van der Waals surface area contributed by atoms with Gasteiger partial charge < -0.3 is 4.79 Å². The quantitative estimate of drug-likeness (QED) is 0.518. The molecular weight excluding hydrogens is 198 g/mol. The lowest BCUT2D eigenvalue weighted by atomic mass is 10.1. The van der Waals surface area contributed by atoms with Gasteiger partial charge in [0.2, 0.25) is 0 Å². The van der Waals surface area contributed by atoms with Crippen molar-refractivity contribution >= 4 is 17.9 Å². The molecule has 2 nitrogen and oxygen atoms in total. The van der Waals surface area contributed by atoms with E-state index in [2.05, 4.69) is 11.8 Å². The van der Waals surface area contributed by atoms with E-state index >= 15 is 0 Å². The summed E-state index contributed by atoms with van der Waals surface area (Å²) in [5.41, 5.74) is 1.02. The minimum absolute atomic E-state index is 0.174. The van der Waals surface area contributed by atoms with Crippen LogP contribution in [-0.4, -0.2) is 6.29 Å². The van der Waals surface area contributed by atoms with E-state index in [9.17, 15) is 4.79 Å². The third-order valence-corrected chi connectivity index (χ3v) is 1.75. The number of carbonyl (C=O) groups is 1. The van der Waals surface area contributed by atoms with Crippen LogP contribution in [0.15, 0.2) is 18.2 Å². The normalized spacial score (nSPS) is 8.29. The van der Waals surface area contributed by atoms with Gasteiger partial charge in [0.15, 0.2) is 0 Å². The van der Waals surface area contributed by atoms with Gasteiger partial charge in [0, 0.05) is 10.6 Å². The van der Waals surface area contributed by atoms with Crippen LogP contribution in [0, 0.1) is 23.2 Å². The Kier molecular flexibility index (Phi) is 3.73. The maximum atomic E-state index is 10.0. The second kappa shape index (κ2) is 5.07. The van der Waals surface area contributed by atoms with Crippen LogP contribution in [0.3, 0.4) is 0 Å². The number of rotatable bonds is 1.